The summed E-state index contributed by atoms with van der Waals surface area (Å²) in [5.74, 6) is -0.0944. The Labute approximate surface area is 133 Å². The van der Waals surface area contributed by atoms with Crippen LogP contribution < -0.4 is 5.73 Å². The van der Waals surface area contributed by atoms with Crippen molar-refractivity contribution in [2.24, 2.45) is 17.6 Å². The van der Waals surface area contributed by atoms with Gasteiger partial charge in [-0.2, -0.15) is 0 Å². The fourth-order valence-electron chi connectivity index (χ4n) is 3.48. The molecule has 2 heterocycles. The van der Waals surface area contributed by atoms with Crippen LogP contribution in [-0.4, -0.2) is 39.3 Å². The fraction of sp³-hybridized carbons (Fsp3) is 0.294. The molecule has 2 fully saturated rings. The van der Waals surface area contributed by atoms with Crippen LogP contribution in [0.3, 0.4) is 0 Å². The zero-order chi connectivity index (χ0) is 16.0. The number of hydrogen-bond acceptors (Lipinski definition) is 4. The molecule has 1 aromatic heterocycles. The van der Waals surface area contributed by atoms with Crippen LogP contribution in [0.2, 0.25) is 0 Å². The highest BCUT2D eigenvalue weighted by Crippen LogP contribution is 2.49. The number of amides is 2. The molecule has 6 nitrogen and oxygen atoms in total. The Kier molecular flexibility index (Phi) is 3.11. The van der Waals surface area contributed by atoms with Crippen molar-refractivity contribution < 1.29 is 9.59 Å². The van der Waals surface area contributed by atoms with Crippen molar-refractivity contribution in [3.8, 4) is 11.3 Å². The highest BCUT2D eigenvalue weighted by atomic mass is 16.2. The molecule has 0 spiro atoms. The molecule has 1 saturated heterocycles. The standard InChI is InChI=1S/C17H16N4O2/c18-16(22)15-12-8-11(12)9-21(15)17(23)14-13(19-6-7-20-14)10-4-2-1-3-5-10/h1-7,11-12,15H,8-9H2,(H2,18,22)/t11-,12-,15-/m0/s1. The highest BCUT2D eigenvalue weighted by molar-refractivity contribution is 6.00. The van der Waals surface area contributed by atoms with Crippen molar-refractivity contribution in [3.63, 3.8) is 0 Å². The van der Waals surface area contributed by atoms with E-state index >= 15 is 0 Å². The zero-order valence-corrected chi connectivity index (χ0v) is 12.4. The number of hydrogen-bond donors (Lipinski definition) is 1. The Balaban J connectivity index is 1.71. The molecule has 6 heteroatoms. The van der Waals surface area contributed by atoms with E-state index in [2.05, 4.69) is 9.97 Å². The molecule has 2 N–H and O–H groups in total. The molecular weight excluding hydrogens is 292 g/mol. The van der Waals surface area contributed by atoms with Crippen LogP contribution in [0.25, 0.3) is 11.3 Å². The lowest BCUT2D eigenvalue weighted by molar-refractivity contribution is -0.122. The van der Waals surface area contributed by atoms with Gasteiger partial charge in [0.05, 0.1) is 0 Å². The first-order valence-corrected chi connectivity index (χ1v) is 7.63. The smallest absolute Gasteiger partial charge is 0.275 e. The maximum atomic E-state index is 12.9. The van der Waals surface area contributed by atoms with Gasteiger partial charge < -0.3 is 10.6 Å². The molecule has 1 saturated carbocycles. The van der Waals surface area contributed by atoms with Crippen LogP contribution >= 0.6 is 0 Å². The Morgan fingerprint density at radius 2 is 1.87 bits per heavy atom. The molecule has 2 amide bonds. The zero-order valence-electron chi connectivity index (χ0n) is 12.4. The monoisotopic (exact) mass is 308 g/mol. The van der Waals surface area contributed by atoms with Gasteiger partial charge in [0, 0.05) is 24.5 Å². The summed E-state index contributed by atoms with van der Waals surface area (Å²) in [6.07, 6.45) is 4.03. The number of likely N-dealkylation sites (tertiary alicyclic amines) is 1. The third-order valence-electron chi connectivity index (χ3n) is 4.65. The number of benzene rings is 1. The lowest BCUT2D eigenvalue weighted by atomic mass is 10.1. The first-order valence-electron chi connectivity index (χ1n) is 7.63. The third kappa shape index (κ3) is 2.27. The Morgan fingerprint density at radius 1 is 1.13 bits per heavy atom. The van der Waals surface area contributed by atoms with Gasteiger partial charge in [-0.1, -0.05) is 30.3 Å². The molecule has 2 aliphatic rings. The van der Waals surface area contributed by atoms with Gasteiger partial charge in [-0.25, -0.2) is 4.98 Å². The van der Waals surface area contributed by atoms with Crippen LogP contribution in [-0.2, 0) is 4.79 Å². The Hall–Kier alpha value is -2.76. The van der Waals surface area contributed by atoms with Crippen molar-refractivity contribution in [2.75, 3.05) is 6.54 Å². The van der Waals surface area contributed by atoms with E-state index in [1.807, 2.05) is 30.3 Å². The van der Waals surface area contributed by atoms with Crippen LogP contribution in [0, 0.1) is 11.8 Å². The van der Waals surface area contributed by atoms with Gasteiger partial charge >= 0.3 is 0 Å². The van der Waals surface area contributed by atoms with Gasteiger partial charge in [0.15, 0.2) is 5.69 Å². The first-order chi connectivity index (χ1) is 11.2. The molecule has 0 radical (unpaired) electrons. The number of rotatable bonds is 3. The minimum Gasteiger partial charge on any atom is -0.368 e. The number of nitrogens with zero attached hydrogens (tertiary/aromatic N) is 3. The minimum atomic E-state index is -0.516. The van der Waals surface area contributed by atoms with Gasteiger partial charge in [0.2, 0.25) is 5.91 Å². The summed E-state index contributed by atoms with van der Waals surface area (Å²) in [5, 5.41) is 0. The average Bonchev–Trinajstić information content (AvgIpc) is 3.24. The molecule has 116 valence electrons. The van der Waals surface area contributed by atoms with Gasteiger partial charge in [-0.3, -0.25) is 14.6 Å². The summed E-state index contributed by atoms with van der Waals surface area (Å²) < 4.78 is 0. The maximum absolute atomic E-state index is 12.9. The van der Waals surface area contributed by atoms with E-state index in [-0.39, 0.29) is 17.5 Å². The lowest BCUT2D eigenvalue weighted by Crippen LogP contribution is -2.46. The number of carbonyl (C=O) groups is 2. The predicted octanol–water partition coefficient (Wildman–Crippen LogP) is 1.09. The first kappa shape index (κ1) is 13.9. The second-order valence-electron chi connectivity index (χ2n) is 6.08. The quantitative estimate of drug-likeness (QED) is 0.919. The van der Waals surface area contributed by atoms with E-state index in [1.54, 1.807) is 11.1 Å². The number of aromatic nitrogens is 2. The maximum Gasteiger partial charge on any atom is 0.275 e. The average molecular weight is 308 g/mol. The Bertz CT molecular complexity index is 777. The molecule has 23 heavy (non-hydrogen) atoms. The van der Waals surface area contributed by atoms with E-state index in [0.29, 0.717) is 18.2 Å². The van der Waals surface area contributed by atoms with Crippen molar-refractivity contribution in [3.05, 3.63) is 48.4 Å². The predicted molar refractivity (Wildman–Crippen MR) is 83.1 cm³/mol. The SMILES string of the molecule is NC(=O)[C@@H]1[C@H]2C[C@H]2CN1C(=O)c1nccnc1-c1ccccc1. The molecular formula is C17H16N4O2. The summed E-state index contributed by atoms with van der Waals surface area (Å²) >= 11 is 0. The summed E-state index contributed by atoms with van der Waals surface area (Å²) in [5.41, 5.74) is 7.12. The van der Waals surface area contributed by atoms with E-state index in [1.165, 1.54) is 6.20 Å². The summed E-state index contributed by atoms with van der Waals surface area (Å²) in [6, 6.07) is 8.92. The number of piperidine rings is 1. The van der Waals surface area contributed by atoms with Gasteiger partial charge in [-0.15, -0.1) is 0 Å². The summed E-state index contributed by atoms with van der Waals surface area (Å²) in [4.78, 5) is 34.8. The molecule has 4 rings (SSSR count). The largest absolute Gasteiger partial charge is 0.368 e. The molecule has 0 bridgehead atoms. The lowest BCUT2D eigenvalue weighted by Gasteiger charge is -2.25. The van der Waals surface area contributed by atoms with E-state index in [0.717, 1.165) is 12.0 Å². The van der Waals surface area contributed by atoms with Crippen LogP contribution in [0.4, 0.5) is 0 Å². The van der Waals surface area contributed by atoms with Crippen LogP contribution in [0.15, 0.2) is 42.7 Å². The van der Waals surface area contributed by atoms with Gasteiger partial charge in [-0.05, 0) is 18.3 Å². The number of nitrogens with two attached hydrogens (primary N) is 1. The molecule has 1 aliphatic carbocycles. The molecule has 0 unspecified atom stereocenters. The molecule has 2 aromatic rings. The van der Waals surface area contributed by atoms with E-state index < -0.39 is 11.9 Å². The van der Waals surface area contributed by atoms with Crippen LogP contribution in [0.1, 0.15) is 16.9 Å². The topological polar surface area (TPSA) is 89.2 Å². The summed E-state index contributed by atoms with van der Waals surface area (Å²) in [7, 11) is 0. The van der Waals surface area contributed by atoms with E-state index in [4.69, 9.17) is 5.73 Å². The van der Waals surface area contributed by atoms with Crippen molar-refractivity contribution in [1.82, 2.24) is 14.9 Å². The number of carbonyl (C=O) groups excluding carboxylic acids is 2. The number of primary amides is 1. The second-order valence-corrected chi connectivity index (χ2v) is 6.08. The Morgan fingerprint density at radius 3 is 2.61 bits per heavy atom. The molecule has 1 aliphatic heterocycles. The summed E-state index contributed by atoms with van der Waals surface area (Å²) in [6.45, 7) is 0.571. The third-order valence-corrected chi connectivity index (χ3v) is 4.65. The van der Waals surface area contributed by atoms with Crippen LogP contribution in [0.5, 0.6) is 0 Å². The van der Waals surface area contributed by atoms with Gasteiger partial charge in [0.25, 0.3) is 5.91 Å². The molecule has 3 atom stereocenters. The fourth-order valence-corrected chi connectivity index (χ4v) is 3.48. The minimum absolute atomic E-state index is 0.216. The van der Waals surface area contributed by atoms with Gasteiger partial charge in [0.1, 0.15) is 11.7 Å². The highest BCUT2D eigenvalue weighted by Gasteiger charge is 2.56. The number of fused-ring (bicyclic) bond motifs is 1. The van der Waals surface area contributed by atoms with Crippen molar-refractivity contribution >= 4 is 11.8 Å². The van der Waals surface area contributed by atoms with Crippen molar-refractivity contribution in [1.29, 1.82) is 0 Å². The second kappa shape index (κ2) is 5.15. The van der Waals surface area contributed by atoms with E-state index in [9.17, 15) is 9.59 Å². The molecule has 1 aromatic carbocycles. The van der Waals surface area contributed by atoms with Crippen molar-refractivity contribution in [2.45, 2.75) is 12.5 Å². The normalized spacial score (nSPS) is 25.0.